The van der Waals surface area contributed by atoms with E-state index < -0.39 is 0 Å². The highest BCUT2D eigenvalue weighted by atomic mass is 16.6. The number of aryl methyl sites for hydroxylation is 2. The number of hydrogen-bond acceptors (Lipinski definition) is 5. The van der Waals surface area contributed by atoms with Crippen LogP contribution in [-0.2, 0) is 11.3 Å². The van der Waals surface area contributed by atoms with Gasteiger partial charge in [-0.2, -0.15) is 0 Å². The van der Waals surface area contributed by atoms with Crippen LogP contribution in [0.25, 0.3) is 0 Å². The lowest BCUT2D eigenvalue weighted by molar-refractivity contribution is 0.212. The van der Waals surface area contributed by atoms with E-state index in [2.05, 4.69) is 31.1 Å². The Morgan fingerprint density at radius 3 is 2.31 bits per heavy atom. The second-order valence-electron chi connectivity index (χ2n) is 7.86. The minimum atomic E-state index is 0.587. The molecule has 0 unspecified atom stereocenters. The third-order valence-corrected chi connectivity index (χ3v) is 4.93. The first-order chi connectivity index (χ1) is 15.5. The van der Waals surface area contributed by atoms with Crippen LogP contribution < -0.4 is 14.2 Å². The fraction of sp³-hybridized carbons (Fsp3) is 0.444. The molecule has 2 rings (SSSR count). The summed E-state index contributed by atoms with van der Waals surface area (Å²) in [4.78, 5) is 4.82. The Labute approximate surface area is 193 Å². The predicted octanol–water partition coefficient (Wildman–Crippen LogP) is 6.45. The van der Waals surface area contributed by atoms with Gasteiger partial charge < -0.3 is 19.0 Å². The highest BCUT2D eigenvalue weighted by Crippen LogP contribution is 2.28. The van der Waals surface area contributed by atoms with Crippen molar-refractivity contribution < 1.29 is 19.0 Å². The van der Waals surface area contributed by atoms with Crippen molar-refractivity contribution >= 4 is 5.71 Å². The van der Waals surface area contributed by atoms with Crippen LogP contribution >= 0.6 is 0 Å². The van der Waals surface area contributed by atoms with Crippen LogP contribution in [0.4, 0.5) is 0 Å². The zero-order valence-corrected chi connectivity index (χ0v) is 20.1. The Hall–Kier alpha value is -2.95. The Balaban J connectivity index is 1.68. The van der Waals surface area contributed by atoms with Crippen molar-refractivity contribution in [3.8, 4) is 17.2 Å². The van der Waals surface area contributed by atoms with Gasteiger partial charge in [0.25, 0.3) is 0 Å². The molecule has 32 heavy (non-hydrogen) atoms. The number of nitrogens with zero attached hydrogens (tertiary/aromatic N) is 1. The molecule has 0 aliphatic carbocycles. The maximum atomic E-state index is 6.05. The summed E-state index contributed by atoms with van der Waals surface area (Å²) in [7, 11) is 1.56. The van der Waals surface area contributed by atoms with Crippen LogP contribution in [0.5, 0.6) is 17.2 Å². The fourth-order valence-corrected chi connectivity index (χ4v) is 3.44. The van der Waals surface area contributed by atoms with Gasteiger partial charge in [0, 0.05) is 6.42 Å². The molecule has 0 fully saturated rings. The molecular formula is C27H37NO4. The summed E-state index contributed by atoms with van der Waals surface area (Å²) in [6.45, 7) is 10.1. The first kappa shape index (κ1) is 25.3. The maximum Gasteiger partial charge on any atom is 0.125 e. The smallest absolute Gasteiger partial charge is 0.125 e. The average molecular weight is 440 g/mol. The van der Waals surface area contributed by atoms with Crippen molar-refractivity contribution in [1.82, 2.24) is 0 Å². The number of ether oxygens (including phenoxy) is 3. The van der Waals surface area contributed by atoms with E-state index in [9.17, 15) is 0 Å². The number of unbranched alkanes of at least 4 members (excludes halogenated alkanes) is 2. The lowest BCUT2D eigenvalue weighted by Gasteiger charge is -2.14. The van der Waals surface area contributed by atoms with E-state index in [1.54, 1.807) is 7.11 Å². The summed E-state index contributed by atoms with van der Waals surface area (Å²) in [5, 5.41) is 3.96. The van der Waals surface area contributed by atoms with E-state index in [1.807, 2.05) is 50.3 Å². The van der Waals surface area contributed by atoms with E-state index in [0.29, 0.717) is 19.8 Å². The molecule has 5 nitrogen and oxygen atoms in total. The van der Waals surface area contributed by atoms with Gasteiger partial charge in [0.1, 0.15) is 31.0 Å². The highest BCUT2D eigenvalue weighted by molar-refractivity contribution is 5.83. The molecule has 0 N–H and O–H groups in total. The molecule has 5 heteroatoms. The molecule has 2 aromatic carbocycles. The SMILES string of the molecule is C/C=C/COc1cc(C)c(OCCCCCOc2cccc(C/C(C)=N/OC)c2)c(C)c1. The molecule has 0 radical (unpaired) electrons. The van der Waals surface area contributed by atoms with Gasteiger partial charge >= 0.3 is 0 Å². The minimum Gasteiger partial charge on any atom is -0.494 e. The zero-order valence-electron chi connectivity index (χ0n) is 20.1. The van der Waals surface area contributed by atoms with Crippen molar-refractivity contribution in [2.75, 3.05) is 26.9 Å². The van der Waals surface area contributed by atoms with E-state index >= 15 is 0 Å². The van der Waals surface area contributed by atoms with Gasteiger partial charge in [0.2, 0.25) is 0 Å². The molecule has 0 aliphatic heterocycles. The van der Waals surface area contributed by atoms with Gasteiger partial charge in [-0.1, -0.05) is 29.4 Å². The van der Waals surface area contributed by atoms with Crippen molar-refractivity contribution in [2.45, 2.75) is 53.4 Å². The summed E-state index contributed by atoms with van der Waals surface area (Å²) >= 11 is 0. The average Bonchev–Trinajstić information content (AvgIpc) is 2.75. The molecule has 0 bridgehead atoms. The molecule has 0 aliphatic rings. The monoisotopic (exact) mass is 439 g/mol. The first-order valence-electron chi connectivity index (χ1n) is 11.3. The Kier molecular flexibility index (Phi) is 11.2. The molecular weight excluding hydrogens is 402 g/mol. The van der Waals surface area contributed by atoms with Crippen LogP contribution in [0.15, 0.2) is 53.7 Å². The fourth-order valence-electron chi connectivity index (χ4n) is 3.44. The van der Waals surface area contributed by atoms with E-state index in [0.717, 1.165) is 65.3 Å². The lowest BCUT2D eigenvalue weighted by atomic mass is 10.1. The molecule has 0 heterocycles. The number of oxime groups is 1. The van der Waals surface area contributed by atoms with Crippen LogP contribution in [0.1, 0.15) is 49.8 Å². The summed E-state index contributed by atoms with van der Waals surface area (Å²) < 4.78 is 17.7. The quantitative estimate of drug-likeness (QED) is 0.147. The molecule has 0 aromatic heterocycles. The second-order valence-corrected chi connectivity index (χ2v) is 7.86. The number of benzene rings is 2. The van der Waals surface area contributed by atoms with Gasteiger partial charge in [0.15, 0.2) is 0 Å². The van der Waals surface area contributed by atoms with Gasteiger partial charge in [-0.3, -0.25) is 0 Å². The molecule has 0 spiro atoms. The van der Waals surface area contributed by atoms with Crippen molar-refractivity contribution in [3.05, 3.63) is 65.2 Å². The molecule has 0 amide bonds. The van der Waals surface area contributed by atoms with Crippen molar-refractivity contribution in [3.63, 3.8) is 0 Å². The minimum absolute atomic E-state index is 0.587. The highest BCUT2D eigenvalue weighted by Gasteiger charge is 2.07. The summed E-state index contributed by atoms with van der Waals surface area (Å²) in [5.41, 5.74) is 4.31. The Morgan fingerprint density at radius 2 is 1.62 bits per heavy atom. The summed E-state index contributed by atoms with van der Waals surface area (Å²) in [5.74, 6) is 2.74. The molecule has 174 valence electrons. The molecule has 0 atom stereocenters. The van der Waals surface area contributed by atoms with Crippen LogP contribution in [-0.4, -0.2) is 32.6 Å². The Bertz CT molecular complexity index is 866. The van der Waals surface area contributed by atoms with Crippen molar-refractivity contribution in [1.29, 1.82) is 0 Å². The van der Waals surface area contributed by atoms with E-state index in [4.69, 9.17) is 19.0 Å². The van der Waals surface area contributed by atoms with Crippen LogP contribution in [0.2, 0.25) is 0 Å². The van der Waals surface area contributed by atoms with Crippen molar-refractivity contribution in [2.24, 2.45) is 5.16 Å². The number of allylic oxidation sites excluding steroid dienone is 1. The standard InChI is InChI=1S/C27H37NO4/c1-6-7-14-31-26-17-21(2)27(22(3)18-26)32-16-10-8-9-15-30-25-13-11-12-24(20-25)19-23(4)28-29-5/h6-7,11-13,17-18,20H,8-10,14-16,19H2,1-5H3/b7-6+,28-23+. The lowest BCUT2D eigenvalue weighted by Crippen LogP contribution is -2.04. The normalized spacial score (nSPS) is 11.6. The third-order valence-electron chi connectivity index (χ3n) is 4.93. The van der Waals surface area contributed by atoms with Crippen LogP contribution in [0, 0.1) is 13.8 Å². The number of rotatable bonds is 14. The topological polar surface area (TPSA) is 49.3 Å². The van der Waals surface area contributed by atoms with Crippen LogP contribution in [0.3, 0.4) is 0 Å². The Morgan fingerprint density at radius 1 is 0.906 bits per heavy atom. The zero-order chi connectivity index (χ0) is 23.2. The van der Waals surface area contributed by atoms with E-state index in [1.165, 1.54) is 0 Å². The number of hydrogen-bond donors (Lipinski definition) is 0. The first-order valence-corrected chi connectivity index (χ1v) is 11.3. The van der Waals surface area contributed by atoms with Gasteiger partial charge in [-0.25, -0.2) is 0 Å². The van der Waals surface area contributed by atoms with Gasteiger partial charge in [-0.15, -0.1) is 0 Å². The predicted molar refractivity (Wildman–Crippen MR) is 131 cm³/mol. The summed E-state index contributed by atoms with van der Waals surface area (Å²) in [6, 6.07) is 12.2. The maximum absolute atomic E-state index is 6.05. The van der Waals surface area contributed by atoms with E-state index in [-0.39, 0.29) is 0 Å². The second kappa shape index (κ2) is 14.2. The largest absolute Gasteiger partial charge is 0.494 e. The third kappa shape index (κ3) is 9.04. The van der Waals surface area contributed by atoms with Gasteiger partial charge in [0.05, 0.1) is 18.9 Å². The molecule has 2 aromatic rings. The molecule has 0 saturated carbocycles. The molecule has 0 saturated heterocycles. The summed E-state index contributed by atoms with van der Waals surface area (Å²) in [6.07, 6.45) is 7.78. The van der Waals surface area contributed by atoms with Gasteiger partial charge in [-0.05, 0) is 87.9 Å².